The topological polar surface area (TPSA) is 3.24 Å². The molecule has 1 aliphatic carbocycles. The zero-order valence-corrected chi connectivity index (χ0v) is 17.9. The lowest BCUT2D eigenvalue weighted by Gasteiger charge is -2.27. The van der Waals surface area contributed by atoms with Crippen LogP contribution >= 0.6 is 0 Å². The summed E-state index contributed by atoms with van der Waals surface area (Å²) in [7, 11) is 0. The van der Waals surface area contributed by atoms with E-state index in [1.807, 2.05) is 0 Å². The van der Waals surface area contributed by atoms with Gasteiger partial charge in [-0.25, -0.2) is 0 Å². The third-order valence-electron chi connectivity index (χ3n) is 5.17. The standard InChI is InChI=1S/C25H39N/c1-9-23(18-22(8)20(4)5)24-13-15-25(16-14-24)26(21(6)7)17-11-10-12-19(2)3/h11,13,15-18,20,22,24H,2,6,9-10,12,14H2,1,3-5,7-8H3. The van der Waals surface area contributed by atoms with E-state index in [2.05, 4.69) is 96.2 Å². The van der Waals surface area contributed by atoms with Crippen molar-refractivity contribution in [3.63, 3.8) is 0 Å². The van der Waals surface area contributed by atoms with Crippen LogP contribution in [0.4, 0.5) is 0 Å². The van der Waals surface area contributed by atoms with Crippen LogP contribution in [-0.4, -0.2) is 4.90 Å². The molecule has 1 nitrogen and oxygen atoms in total. The second kappa shape index (κ2) is 11.1. The van der Waals surface area contributed by atoms with Crippen LogP contribution in [0.3, 0.4) is 0 Å². The van der Waals surface area contributed by atoms with Crippen LogP contribution < -0.4 is 0 Å². The van der Waals surface area contributed by atoms with Crippen molar-refractivity contribution < 1.29 is 0 Å². The van der Waals surface area contributed by atoms with Gasteiger partial charge in [0.1, 0.15) is 0 Å². The molecule has 1 heteroatoms. The van der Waals surface area contributed by atoms with Crippen LogP contribution in [0.2, 0.25) is 0 Å². The summed E-state index contributed by atoms with van der Waals surface area (Å²) >= 11 is 0. The van der Waals surface area contributed by atoms with Crippen molar-refractivity contribution >= 4 is 0 Å². The lowest BCUT2D eigenvalue weighted by atomic mass is 9.85. The van der Waals surface area contributed by atoms with Crippen molar-refractivity contribution in [1.82, 2.24) is 4.90 Å². The number of hydrogen-bond acceptors (Lipinski definition) is 1. The van der Waals surface area contributed by atoms with E-state index in [1.54, 1.807) is 5.57 Å². The normalized spacial score (nSPS) is 19.0. The Morgan fingerprint density at radius 3 is 2.42 bits per heavy atom. The van der Waals surface area contributed by atoms with E-state index in [1.165, 1.54) is 11.3 Å². The van der Waals surface area contributed by atoms with Gasteiger partial charge in [-0.15, -0.1) is 6.58 Å². The minimum absolute atomic E-state index is 0.532. The van der Waals surface area contributed by atoms with Crippen LogP contribution in [-0.2, 0) is 0 Å². The number of nitrogens with zero attached hydrogens (tertiary/aromatic N) is 1. The summed E-state index contributed by atoms with van der Waals surface area (Å²) in [6, 6.07) is 0. The Balaban J connectivity index is 2.81. The van der Waals surface area contributed by atoms with E-state index >= 15 is 0 Å². The van der Waals surface area contributed by atoms with Gasteiger partial charge in [0.25, 0.3) is 0 Å². The molecule has 0 amide bonds. The van der Waals surface area contributed by atoms with Gasteiger partial charge >= 0.3 is 0 Å². The molecule has 0 bridgehead atoms. The fourth-order valence-electron chi connectivity index (χ4n) is 3.04. The SMILES string of the molecule is C=C(C)CCC=CN(C(=C)C)C1=CCC(C(=CC(C)C(C)C)CC)C=C1. The lowest BCUT2D eigenvalue weighted by Crippen LogP contribution is -2.16. The minimum Gasteiger partial charge on any atom is -0.322 e. The van der Waals surface area contributed by atoms with E-state index in [-0.39, 0.29) is 0 Å². The summed E-state index contributed by atoms with van der Waals surface area (Å²) in [6.45, 7) is 21.5. The molecule has 2 atom stereocenters. The van der Waals surface area contributed by atoms with Gasteiger partial charge in [0.2, 0.25) is 0 Å². The maximum absolute atomic E-state index is 4.14. The monoisotopic (exact) mass is 353 g/mol. The predicted molar refractivity (Wildman–Crippen MR) is 118 cm³/mol. The Morgan fingerprint density at radius 2 is 1.96 bits per heavy atom. The fourth-order valence-corrected chi connectivity index (χ4v) is 3.04. The van der Waals surface area contributed by atoms with Crippen LogP contribution in [0.25, 0.3) is 0 Å². The van der Waals surface area contributed by atoms with Gasteiger partial charge in [-0.2, -0.15) is 0 Å². The Kier molecular flexibility index (Phi) is 9.48. The van der Waals surface area contributed by atoms with Gasteiger partial charge in [0, 0.05) is 23.5 Å². The molecule has 0 saturated heterocycles. The summed E-state index contributed by atoms with van der Waals surface area (Å²) in [6.07, 6.45) is 18.1. The molecule has 0 radical (unpaired) electrons. The second-order valence-electron chi connectivity index (χ2n) is 8.01. The quantitative estimate of drug-likeness (QED) is 0.362. The number of rotatable bonds is 10. The molecule has 144 valence electrons. The Hall–Kier alpha value is -1.76. The summed E-state index contributed by atoms with van der Waals surface area (Å²) in [5, 5.41) is 0. The van der Waals surface area contributed by atoms with Gasteiger partial charge in [0.05, 0.1) is 0 Å². The molecule has 0 aromatic heterocycles. The largest absolute Gasteiger partial charge is 0.322 e. The Morgan fingerprint density at radius 1 is 1.27 bits per heavy atom. The molecule has 0 saturated carbocycles. The molecule has 0 aromatic rings. The molecule has 2 unspecified atom stereocenters. The maximum Gasteiger partial charge on any atom is 0.0409 e. The number of allylic oxidation sites excluding steroid dienone is 8. The van der Waals surface area contributed by atoms with Gasteiger partial charge < -0.3 is 4.90 Å². The van der Waals surface area contributed by atoms with Gasteiger partial charge in [-0.1, -0.05) is 69.7 Å². The van der Waals surface area contributed by atoms with Crippen molar-refractivity contribution in [2.24, 2.45) is 17.8 Å². The van der Waals surface area contributed by atoms with Crippen LogP contribution in [0, 0.1) is 17.8 Å². The maximum atomic E-state index is 4.14. The van der Waals surface area contributed by atoms with E-state index in [0.717, 1.165) is 31.4 Å². The highest BCUT2D eigenvalue weighted by Crippen LogP contribution is 2.30. The van der Waals surface area contributed by atoms with Crippen LogP contribution in [0.15, 0.2) is 72.3 Å². The first-order valence-corrected chi connectivity index (χ1v) is 10.1. The van der Waals surface area contributed by atoms with Gasteiger partial charge in [-0.3, -0.25) is 0 Å². The fraction of sp³-hybridized carbons (Fsp3) is 0.520. The molecule has 0 fully saturated rings. The van der Waals surface area contributed by atoms with E-state index < -0.39 is 0 Å². The molecule has 0 aliphatic heterocycles. The van der Waals surface area contributed by atoms with Crippen molar-refractivity contribution in [2.75, 3.05) is 0 Å². The van der Waals surface area contributed by atoms with Crippen molar-refractivity contribution in [3.05, 3.63) is 72.3 Å². The first-order chi connectivity index (χ1) is 12.3. The summed E-state index contributed by atoms with van der Waals surface area (Å²) < 4.78 is 0. The average molecular weight is 354 g/mol. The van der Waals surface area contributed by atoms with Crippen LogP contribution in [0.1, 0.15) is 67.2 Å². The molecule has 0 N–H and O–H groups in total. The first kappa shape index (κ1) is 22.3. The average Bonchev–Trinajstić information content (AvgIpc) is 2.59. The molecule has 1 aliphatic rings. The van der Waals surface area contributed by atoms with Crippen molar-refractivity contribution in [3.8, 4) is 0 Å². The third kappa shape index (κ3) is 7.23. The molecule has 0 spiro atoms. The van der Waals surface area contributed by atoms with E-state index in [0.29, 0.717) is 17.8 Å². The first-order valence-electron chi connectivity index (χ1n) is 10.1. The second-order valence-corrected chi connectivity index (χ2v) is 8.01. The van der Waals surface area contributed by atoms with E-state index in [9.17, 15) is 0 Å². The molecule has 1 rings (SSSR count). The van der Waals surface area contributed by atoms with Crippen molar-refractivity contribution in [1.29, 1.82) is 0 Å². The van der Waals surface area contributed by atoms with Gasteiger partial charge in [0.15, 0.2) is 0 Å². The summed E-state index contributed by atoms with van der Waals surface area (Å²) in [5.41, 5.74) is 5.07. The Labute approximate surface area is 162 Å². The van der Waals surface area contributed by atoms with Gasteiger partial charge in [-0.05, 0) is 57.4 Å². The summed E-state index contributed by atoms with van der Waals surface area (Å²) in [4.78, 5) is 2.19. The highest BCUT2D eigenvalue weighted by atomic mass is 15.1. The number of hydrogen-bond donors (Lipinski definition) is 0. The molecule has 26 heavy (non-hydrogen) atoms. The summed E-state index contributed by atoms with van der Waals surface area (Å²) in [5.74, 6) is 1.86. The van der Waals surface area contributed by atoms with Crippen LogP contribution in [0.5, 0.6) is 0 Å². The Bertz CT molecular complexity index is 598. The highest BCUT2D eigenvalue weighted by Gasteiger charge is 2.16. The zero-order valence-electron chi connectivity index (χ0n) is 17.9. The lowest BCUT2D eigenvalue weighted by molar-refractivity contribution is 0.495. The molecular formula is C25H39N. The predicted octanol–water partition coefficient (Wildman–Crippen LogP) is 7.78. The molecule has 0 aromatic carbocycles. The molecular weight excluding hydrogens is 314 g/mol. The van der Waals surface area contributed by atoms with Crippen molar-refractivity contribution in [2.45, 2.75) is 67.2 Å². The zero-order chi connectivity index (χ0) is 19.7. The highest BCUT2D eigenvalue weighted by molar-refractivity contribution is 5.31. The smallest absolute Gasteiger partial charge is 0.0409 e. The van der Waals surface area contributed by atoms with E-state index in [4.69, 9.17) is 0 Å². The minimum atomic E-state index is 0.532. The molecule has 0 heterocycles. The third-order valence-corrected chi connectivity index (χ3v) is 5.17.